The number of carbonyl (C=O) groups is 1. The fourth-order valence-electron chi connectivity index (χ4n) is 1.42. The molecule has 17 heavy (non-hydrogen) atoms. The molecule has 5 nitrogen and oxygen atoms in total. The summed E-state index contributed by atoms with van der Waals surface area (Å²) in [6.07, 6.45) is 3.42. The molecule has 2 aromatic heterocycles. The molecule has 0 aliphatic carbocycles. The van der Waals surface area contributed by atoms with Gasteiger partial charge in [-0.3, -0.25) is 9.48 Å². The molecule has 0 unspecified atom stereocenters. The molecule has 88 valence electrons. The number of rotatable bonds is 2. The highest BCUT2D eigenvalue weighted by Crippen LogP contribution is 2.13. The predicted molar refractivity (Wildman–Crippen MR) is 72.9 cm³/mol. The van der Waals surface area contributed by atoms with Gasteiger partial charge in [0.15, 0.2) is 0 Å². The summed E-state index contributed by atoms with van der Waals surface area (Å²) >= 11 is 2.14. The maximum atomic E-state index is 11.9. The van der Waals surface area contributed by atoms with Gasteiger partial charge < -0.3 is 5.32 Å². The Morgan fingerprint density at radius 3 is 2.76 bits per heavy atom. The Morgan fingerprint density at radius 1 is 1.47 bits per heavy atom. The van der Waals surface area contributed by atoms with Crippen LogP contribution in [0, 0.1) is 10.5 Å². The van der Waals surface area contributed by atoms with Gasteiger partial charge in [0.05, 0.1) is 11.4 Å². The minimum Gasteiger partial charge on any atom is -0.318 e. The van der Waals surface area contributed by atoms with E-state index < -0.39 is 0 Å². The van der Waals surface area contributed by atoms with Crippen LogP contribution in [0.4, 0.5) is 5.69 Å². The van der Waals surface area contributed by atoms with Crippen molar-refractivity contribution in [3.05, 3.63) is 39.5 Å². The van der Waals surface area contributed by atoms with Gasteiger partial charge in [-0.25, -0.2) is 4.98 Å². The third kappa shape index (κ3) is 2.82. The van der Waals surface area contributed by atoms with E-state index in [4.69, 9.17) is 0 Å². The lowest BCUT2D eigenvalue weighted by atomic mass is 10.3. The number of pyridine rings is 1. The van der Waals surface area contributed by atoms with Gasteiger partial charge in [0.2, 0.25) is 0 Å². The molecule has 1 amide bonds. The normalized spacial score (nSPS) is 10.3. The summed E-state index contributed by atoms with van der Waals surface area (Å²) in [5, 5.41) is 6.93. The Labute approximate surface area is 112 Å². The number of aryl methyl sites for hydroxylation is 2. The summed E-state index contributed by atoms with van der Waals surface area (Å²) in [5.74, 6) is -0.225. The molecule has 0 aliphatic heterocycles. The molecule has 2 rings (SSSR count). The van der Waals surface area contributed by atoms with Gasteiger partial charge >= 0.3 is 0 Å². The topological polar surface area (TPSA) is 59.8 Å². The van der Waals surface area contributed by atoms with Crippen LogP contribution in [0.2, 0.25) is 0 Å². The Hall–Kier alpha value is -1.44. The molecule has 0 saturated carbocycles. The van der Waals surface area contributed by atoms with Crippen LogP contribution in [-0.4, -0.2) is 20.7 Å². The molecule has 2 aromatic rings. The van der Waals surface area contributed by atoms with Crippen LogP contribution in [0.25, 0.3) is 0 Å². The third-order valence-corrected chi connectivity index (χ3v) is 2.86. The SMILES string of the molecule is Cc1nn(C)cc1NC(=O)c1ccc(I)cn1. The van der Waals surface area contributed by atoms with Crippen molar-refractivity contribution in [1.29, 1.82) is 0 Å². The number of halogens is 1. The highest BCUT2D eigenvalue weighted by atomic mass is 127. The maximum Gasteiger partial charge on any atom is 0.274 e. The first-order valence-corrected chi connectivity index (χ1v) is 6.07. The van der Waals surface area contributed by atoms with Gasteiger partial charge in [-0.15, -0.1) is 0 Å². The van der Waals surface area contributed by atoms with Gasteiger partial charge in [-0.05, 0) is 41.6 Å². The maximum absolute atomic E-state index is 11.9. The van der Waals surface area contributed by atoms with Crippen LogP contribution in [0.15, 0.2) is 24.5 Å². The Bertz CT molecular complexity index is 547. The van der Waals surface area contributed by atoms with E-state index in [1.165, 1.54) is 0 Å². The van der Waals surface area contributed by atoms with Crippen molar-refractivity contribution < 1.29 is 4.79 Å². The summed E-state index contributed by atoms with van der Waals surface area (Å²) in [6.45, 7) is 1.84. The van der Waals surface area contributed by atoms with Gasteiger partial charge in [-0.2, -0.15) is 5.10 Å². The summed E-state index contributed by atoms with van der Waals surface area (Å²) in [6, 6.07) is 3.54. The lowest BCUT2D eigenvalue weighted by Gasteiger charge is -2.02. The van der Waals surface area contributed by atoms with Crippen molar-refractivity contribution in [2.45, 2.75) is 6.92 Å². The Morgan fingerprint density at radius 2 is 2.24 bits per heavy atom. The zero-order valence-corrected chi connectivity index (χ0v) is 11.6. The van der Waals surface area contributed by atoms with Crippen LogP contribution >= 0.6 is 22.6 Å². The summed E-state index contributed by atoms with van der Waals surface area (Å²) in [5.41, 5.74) is 1.89. The fraction of sp³-hybridized carbons (Fsp3) is 0.182. The summed E-state index contributed by atoms with van der Waals surface area (Å²) < 4.78 is 2.66. The first kappa shape index (κ1) is 12.0. The largest absolute Gasteiger partial charge is 0.318 e. The van der Waals surface area contributed by atoms with Crippen LogP contribution in [0.5, 0.6) is 0 Å². The molecule has 0 aromatic carbocycles. The third-order valence-electron chi connectivity index (χ3n) is 2.22. The molecule has 0 spiro atoms. The molecular weight excluding hydrogens is 331 g/mol. The van der Waals surface area contributed by atoms with Gasteiger partial charge in [0.25, 0.3) is 5.91 Å². The number of nitrogens with one attached hydrogen (secondary N) is 1. The monoisotopic (exact) mass is 342 g/mol. The number of nitrogens with zero attached hydrogens (tertiary/aromatic N) is 3. The standard InChI is InChI=1S/C11H11IN4O/c1-7-10(6-16(2)15-7)14-11(17)9-4-3-8(12)5-13-9/h3-6H,1-2H3,(H,14,17). The van der Waals surface area contributed by atoms with E-state index in [0.29, 0.717) is 11.4 Å². The average Bonchev–Trinajstić information content (AvgIpc) is 2.58. The van der Waals surface area contributed by atoms with Gasteiger partial charge in [0, 0.05) is 23.0 Å². The smallest absolute Gasteiger partial charge is 0.274 e. The molecule has 0 bridgehead atoms. The van der Waals surface area contributed by atoms with Crippen molar-refractivity contribution in [2.24, 2.45) is 7.05 Å². The van der Waals surface area contributed by atoms with Crippen LogP contribution in [-0.2, 0) is 7.05 Å². The van der Waals surface area contributed by atoms with Gasteiger partial charge in [0.1, 0.15) is 5.69 Å². The van der Waals surface area contributed by atoms with E-state index >= 15 is 0 Å². The molecule has 1 N–H and O–H groups in total. The van der Waals surface area contributed by atoms with Crippen LogP contribution in [0.3, 0.4) is 0 Å². The highest BCUT2D eigenvalue weighted by molar-refractivity contribution is 14.1. The van der Waals surface area contributed by atoms with Crippen molar-refractivity contribution in [3.8, 4) is 0 Å². The van der Waals surface area contributed by atoms with Crippen molar-refractivity contribution in [2.75, 3.05) is 5.32 Å². The molecular formula is C11H11IN4O. The summed E-state index contributed by atoms with van der Waals surface area (Å²) in [4.78, 5) is 15.9. The van der Waals surface area contributed by atoms with E-state index in [-0.39, 0.29) is 5.91 Å². The Balaban J connectivity index is 2.17. The second kappa shape index (κ2) is 4.82. The zero-order valence-electron chi connectivity index (χ0n) is 9.44. The first-order chi connectivity index (χ1) is 8.06. The fourth-order valence-corrected chi connectivity index (χ4v) is 1.74. The van der Waals surface area contributed by atoms with E-state index in [1.54, 1.807) is 23.1 Å². The van der Waals surface area contributed by atoms with Crippen LogP contribution < -0.4 is 5.32 Å². The summed E-state index contributed by atoms with van der Waals surface area (Å²) in [7, 11) is 1.81. The number of anilines is 1. The number of hydrogen-bond donors (Lipinski definition) is 1. The van der Waals surface area contributed by atoms with Crippen LogP contribution in [0.1, 0.15) is 16.2 Å². The number of aromatic nitrogens is 3. The molecule has 2 heterocycles. The Kier molecular flexibility index (Phi) is 3.41. The van der Waals surface area contributed by atoms with Crippen molar-refractivity contribution in [1.82, 2.24) is 14.8 Å². The van der Waals surface area contributed by atoms with E-state index in [9.17, 15) is 4.79 Å². The van der Waals surface area contributed by atoms with E-state index in [0.717, 1.165) is 9.26 Å². The van der Waals surface area contributed by atoms with Crippen molar-refractivity contribution >= 4 is 34.2 Å². The molecule has 0 atom stereocenters. The second-order valence-electron chi connectivity index (χ2n) is 3.62. The first-order valence-electron chi connectivity index (χ1n) is 4.99. The predicted octanol–water partition coefficient (Wildman–Crippen LogP) is 1.98. The molecule has 6 heteroatoms. The number of carbonyl (C=O) groups excluding carboxylic acids is 1. The molecule has 0 radical (unpaired) electrons. The highest BCUT2D eigenvalue weighted by Gasteiger charge is 2.10. The molecule has 0 fully saturated rings. The molecule has 0 saturated heterocycles. The molecule has 0 aliphatic rings. The number of amides is 1. The lowest BCUT2D eigenvalue weighted by molar-refractivity contribution is 0.102. The average molecular weight is 342 g/mol. The zero-order chi connectivity index (χ0) is 12.4. The van der Waals surface area contributed by atoms with Gasteiger partial charge in [-0.1, -0.05) is 0 Å². The quantitative estimate of drug-likeness (QED) is 0.849. The second-order valence-corrected chi connectivity index (χ2v) is 4.86. The minimum absolute atomic E-state index is 0.225. The van der Waals surface area contributed by atoms with Crippen molar-refractivity contribution in [3.63, 3.8) is 0 Å². The lowest BCUT2D eigenvalue weighted by Crippen LogP contribution is -2.13. The van der Waals surface area contributed by atoms with E-state index in [1.807, 2.05) is 20.0 Å². The number of hydrogen-bond acceptors (Lipinski definition) is 3. The minimum atomic E-state index is -0.225. The van der Waals surface area contributed by atoms with E-state index in [2.05, 4.69) is 38.0 Å².